The zero-order chi connectivity index (χ0) is 13.1. The Labute approximate surface area is 101 Å². The molecule has 0 radical (unpaired) electrons. The summed E-state index contributed by atoms with van der Waals surface area (Å²) in [4.78, 5) is 15.6. The van der Waals surface area contributed by atoms with Crippen molar-refractivity contribution in [2.45, 2.75) is 40.2 Å². The SMILES string of the molecule is CC(C)/C(=N\C(=O)OC(C)(C)C)n1cccn1. The van der Waals surface area contributed by atoms with Crippen molar-refractivity contribution in [1.82, 2.24) is 9.78 Å². The molecule has 0 fully saturated rings. The highest BCUT2D eigenvalue weighted by atomic mass is 16.6. The van der Waals surface area contributed by atoms with E-state index in [2.05, 4.69) is 10.1 Å². The number of hydrogen-bond donors (Lipinski definition) is 0. The second-order valence-corrected chi connectivity index (χ2v) is 5.06. The van der Waals surface area contributed by atoms with Crippen LogP contribution in [-0.4, -0.2) is 27.3 Å². The van der Waals surface area contributed by atoms with E-state index in [0.29, 0.717) is 5.84 Å². The maximum absolute atomic E-state index is 11.6. The molecule has 0 spiro atoms. The Morgan fingerprint density at radius 1 is 1.41 bits per heavy atom. The summed E-state index contributed by atoms with van der Waals surface area (Å²) in [6, 6.07) is 1.78. The summed E-state index contributed by atoms with van der Waals surface area (Å²) in [5.74, 6) is 0.659. The number of rotatable bonds is 1. The number of carbonyl (C=O) groups excluding carboxylic acids is 1. The van der Waals surface area contributed by atoms with Crippen molar-refractivity contribution in [1.29, 1.82) is 0 Å². The molecule has 1 amide bonds. The predicted octanol–water partition coefficient (Wildman–Crippen LogP) is 2.72. The van der Waals surface area contributed by atoms with Gasteiger partial charge in [0.15, 0.2) is 0 Å². The lowest BCUT2D eigenvalue weighted by molar-refractivity contribution is 0.0602. The summed E-state index contributed by atoms with van der Waals surface area (Å²) in [5, 5.41) is 4.07. The lowest BCUT2D eigenvalue weighted by atomic mass is 10.2. The molecular formula is C12H19N3O2. The molecule has 0 atom stereocenters. The molecule has 0 unspecified atom stereocenters. The van der Waals surface area contributed by atoms with Crippen LogP contribution in [0.1, 0.15) is 34.6 Å². The highest BCUT2D eigenvalue weighted by molar-refractivity contribution is 5.93. The average Bonchev–Trinajstić information content (AvgIpc) is 2.63. The van der Waals surface area contributed by atoms with Gasteiger partial charge in [-0.05, 0) is 26.8 Å². The van der Waals surface area contributed by atoms with Gasteiger partial charge < -0.3 is 4.74 Å². The second-order valence-electron chi connectivity index (χ2n) is 5.06. The fourth-order valence-electron chi connectivity index (χ4n) is 1.23. The van der Waals surface area contributed by atoms with Crippen LogP contribution in [0.4, 0.5) is 4.79 Å². The third kappa shape index (κ3) is 4.38. The van der Waals surface area contributed by atoms with Crippen LogP contribution < -0.4 is 0 Å². The van der Waals surface area contributed by atoms with Crippen molar-refractivity contribution in [2.75, 3.05) is 0 Å². The standard InChI is InChI=1S/C12H19N3O2/c1-9(2)10(15-8-6-7-13-15)14-11(16)17-12(3,4)5/h6-9H,1-5H3/b14-10+. The van der Waals surface area contributed by atoms with Crippen LogP contribution in [0.25, 0.3) is 0 Å². The molecule has 0 N–H and O–H groups in total. The van der Waals surface area contributed by atoms with Gasteiger partial charge in [0, 0.05) is 18.3 Å². The second kappa shape index (κ2) is 5.12. The van der Waals surface area contributed by atoms with E-state index in [1.165, 1.54) is 0 Å². The van der Waals surface area contributed by atoms with E-state index >= 15 is 0 Å². The van der Waals surface area contributed by atoms with E-state index in [0.717, 1.165) is 0 Å². The van der Waals surface area contributed by atoms with Crippen LogP contribution in [0.2, 0.25) is 0 Å². The van der Waals surface area contributed by atoms with Crippen molar-refractivity contribution in [3.05, 3.63) is 18.5 Å². The van der Waals surface area contributed by atoms with Crippen LogP contribution in [0.5, 0.6) is 0 Å². The van der Waals surface area contributed by atoms with Crippen molar-refractivity contribution >= 4 is 11.9 Å². The molecule has 0 bridgehead atoms. The average molecular weight is 237 g/mol. The molecule has 0 aliphatic rings. The Kier molecular flexibility index (Phi) is 4.04. The minimum atomic E-state index is -0.586. The van der Waals surface area contributed by atoms with E-state index in [-0.39, 0.29) is 5.92 Å². The van der Waals surface area contributed by atoms with E-state index in [1.54, 1.807) is 23.1 Å². The van der Waals surface area contributed by atoms with E-state index in [1.807, 2.05) is 34.6 Å². The van der Waals surface area contributed by atoms with Gasteiger partial charge in [-0.25, -0.2) is 9.48 Å². The minimum absolute atomic E-state index is 0.0856. The smallest absolute Gasteiger partial charge is 0.435 e. The maximum atomic E-state index is 11.6. The number of amides is 1. The quantitative estimate of drug-likeness (QED) is 0.557. The third-order valence-electron chi connectivity index (χ3n) is 1.85. The van der Waals surface area contributed by atoms with Crippen LogP contribution in [0, 0.1) is 5.92 Å². The zero-order valence-electron chi connectivity index (χ0n) is 11.0. The normalized spacial score (nSPS) is 12.9. The lowest BCUT2D eigenvalue weighted by Crippen LogP contribution is -2.25. The number of nitrogens with zero attached hydrogens (tertiary/aromatic N) is 3. The molecule has 94 valence electrons. The van der Waals surface area contributed by atoms with Crippen molar-refractivity contribution in [3.8, 4) is 0 Å². The van der Waals surface area contributed by atoms with Crippen molar-refractivity contribution in [2.24, 2.45) is 10.9 Å². The van der Waals surface area contributed by atoms with Gasteiger partial charge in [0.2, 0.25) is 0 Å². The summed E-state index contributed by atoms with van der Waals surface area (Å²) in [6.07, 6.45) is 2.81. The van der Waals surface area contributed by atoms with Gasteiger partial charge in [-0.3, -0.25) is 0 Å². The van der Waals surface area contributed by atoms with Gasteiger partial charge >= 0.3 is 6.09 Å². The molecular weight excluding hydrogens is 218 g/mol. The fraction of sp³-hybridized carbons (Fsp3) is 0.583. The van der Waals surface area contributed by atoms with Crippen molar-refractivity contribution < 1.29 is 9.53 Å². The number of ether oxygens (including phenoxy) is 1. The summed E-state index contributed by atoms with van der Waals surface area (Å²) in [6.45, 7) is 9.33. The van der Waals surface area contributed by atoms with Crippen LogP contribution in [0.15, 0.2) is 23.5 Å². The van der Waals surface area contributed by atoms with Gasteiger partial charge in [-0.15, -0.1) is 0 Å². The Hall–Kier alpha value is -1.65. The third-order valence-corrected chi connectivity index (χ3v) is 1.85. The summed E-state index contributed by atoms with van der Waals surface area (Å²) < 4.78 is 6.73. The Bertz CT molecular complexity index is 400. The summed E-state index contributed by atoms with van der Waals surface area (Å²) in [5.41, 5.74) is -0.535. The van der Waals surface area contributed by atoms with Gasteiger partial charge in [0.1, 0.15) is 11.4 Å². The first-order chi connectivity index (χ1) is 7.79. The highest BCUT2D eigenvalue weighted by Gasteiger charge is 2.18. The van der Waals surface area contributed by atoms with Gasteiger partial charge in [0.25, 0.3) is 0 Å². The molecule has 5 nitrogen and oxygen atoms in total. The lowest BCUT2D eigenvalue weighted by Gasteiger charge is -2.18. The first-order valence-corrected chi connectivity index (χ1v) is 5.61. The first-order valence-electron chi connectivity index (χ1n) is 5.61. The molecule has 0 aliphatic heterocycles. The van der Waals surface area contributed by atoms with E-state index in [9.17, 15) is 4.79 Å². The topological polar surface area (TPSA) is 56.5 Å². The molecule has 0 saturated carbocycles. The Morgan fingerprint density at radius 2 is 2.06 bits per heavy atom. The van der Waals surface area contributed by atoms with Crippen LogP contribution in [-0.2, 0) is 4.74 Å². The molecule has 1 rings (SSSR count). The highest BCUT2D eigenvalue weighted by Crippen LogP contribution is 2.09. The largest absolute Gasteiger partial charge is 0.442 e. The Morgan fingerprint density at radius 3 is 2.47 bits per heavy atom. The molecule has 0 aromatic carbocycles. The van der Waals surface area contributed by atoms with Crippen LogP contribution >= 0.6 is 0 Å². The monoisotopic (exact) mass is 237 g/mol. The van der Waals surface area contributed by atoms with Gasteiger partial charge in [-0.1, -0.05) is 13.8 Å². The molecule has 1 aromatic heterocycles. The number of carbonyl (C=O) groups is 1. The maximum Gasteiger partial charge on any atom is 0.435 e. The minimum Gasteiger partial charge on any atom is -0.442 e. The molecule has 1 aromatic rings. The fourth-order valence-corrected chi connectivity index (χ4v) is 1.23. The van der Waals surface area contributed by atoms with Gasteiger partial charge in [0.05, 0.1) is 0 Å². The molecule has 0 aliphatic carbocycles. The number of aromatic nitrogens is 2. The molecule has 1 heterocycles. The van der Waals surface area contributed by atoms with Crippen molar-refractivity contribution in [3.63, 3.8) is 0 Å². The molecule has 17 heavy (non-hydrogen) atoms. The molecule has 0 saturated heterocycles. The number of hydrogen-bond acceptors (Lipinski definition) is 3. The number of aliphatic imine (C=N–C) groups is 1. The summed E-state index contributed by atoms with van der Waals surface area (Å²) in [7, 11) is 0. The molecule has 5 heteroatoms. The van der Waals surface area contributed by atoms with E-state index in [4.69, 9.17) is 4.74 Å². The van der Waals surface area contributed by atoms with Crippen LogP contribution in [0.3, 0.4) is 0 Å². The zero-order valence-corrected chi connectivity index (χ0v) is 11.0. The predicted molar refractivity (Wildman–Crippen MR) is 66.1 cm³/mol. The summed E-state index contributed by atoms with van der Waals surface area (Å²) >= 11 is 0. The first kappa shape index (κ1) is 13.4. The Balaban J connectivity index is 2.89. The van der Waals surface area contributed by atoms with Gasteiger partial charge in [-0.2, -0.15) is 10.1 Å². The van der Waals surface area contributed by atoms with E-state index < -0.39 is 11.7 Å².